The van der Waals surface area contributed by atoms with Crippen molar-refractivity contribution in [3.05, 3.63) is 60.7 Å². The zero-order valence-electron chi connectivity index (χ0n) is 18.9. The molecular formula is C24H28N6O2. The molecule has 2 aromatic heterocycles. The molecule has 8 nitrogen and oxygen atoms in total. The van der Waals surface area contributed by atoms with Crippen LogP contribution in [0.2, 0.25) is 0 Å². The Hall–Kier alpha value is -3.65. The Morgan fingerprint density at radius 1 is 0.938 bits per heavy atom. The molecule has 1 N–H and O–H groups in total. The van der Waals surface area contributed by atoms with Gasteiger partial charge in [-0.1, -0.05) is 18.2 Å². The smallest absolute Gasteiger partial charge is 0.168 e. The maximum Gasteiger partial charge on any atom is 0.168 e. The molecule has 0 bridgehead atoms. The topological polar surface area (TPSA) is 79.4 Å². The Morgan fingerprint density at radius 3 is 2.47 bits per heavy atom. The summed E-state index contributed by atoms with van der Waals surface area (Å²) in [7, 11) is 7.82. The number of nitrogens with zero attached hydrogens (tertiary/aromatic N) is 5. The molecule has 4 rings (SSSR count). The summed E-state index contributed by atoms with van der Waals surface area (Å²) in [6.45, 7) is 1.99. The quantitative estimate of drug-likeness (QED) is 0.433. The number of H-pyrrole nitrogens is 1. The van der Waals surface area contributed by atoms with E-state index in [0.717, 1.165) is 40.9 Å². The average molecular weight is 433 g/mol. The van der Waals surface area contributed by atoms with Crippen LogP contribution in [0.3, 0.4) is 0 Å². The molecule has 8 heteroatoms. The zero-order chi connectivity index (χ0) is 22.5. The van der Waals surface area contributed by atoms with Gasteiger partial charge in [0, 0.05) is 37.3 Å². The third-order valence-electron chi connectivity index (χ3n) is 5.22. The minimum Gasteiger partial charge on any atom is -0.493 e. The molecule has 0 spiro atoms. The Labute approximate surface area is 187 Å². The number of methoxy groups -OCH3 is 1. The van der Waals surface area contributed by atoms with Gasteiger partial charge in [-0.2, -0.15) is 5.10 Å². The first kappa shape index (κ1) is 21.6. The van der Waals surface area contributed by atoms with Crippen LogP contribution in [-0.4, -0.2) is 66.4 Å². The summed E-state index contributed by atoms with van der Waals surface area (Å²) in [5.41, 5.74) is 2.96. The van der Waals surface area contributed by atoms with E-state index < -0.39 is 0 Å². The van der Waals surface area contributed by atoms with Gasteiger partial charge in [0.1, 0.15) is 12.4 Å². The lowest BCUT2D eigenvalue weighted by Crippen LogP contribution is -2.29. The van der Waals surface area contributed by atoms with Gasteiger partial charge in [-0.15, -0.1) is 0 Å². The molecule has 2 aromatic carbocycles. The fourth-order valence-corrected chi connectivity index (χ4v) is 3.44. The third-order valence-corrected chi connectivity index (χ3v) is 5.22. The maximum atomic E-state index is 5.99. The van der Waals surface area contributed by atoms with E-state index in [1.807, 2.05) is 42.7 Å². The standard InChI is InChI=1S/C24H28N6O2/c1-29(2)11-12-30(3)24-19-13-17(18-14-25-26-15-18)9-10-20(19)27-23(28-24)16-32-22-8-6-5-7-21(22)31-4/h5-10,13-15H,11-12,16H2,1-4H3,(H,25,26). The van der Waals surface area contributed by atoms with Gasteiger partial charge in [-0.05, 0) is 43.9 Å². The van der Waals surface area contributed by atoms with Crippen LogP contribution in [0, 0.1) is 0 Å². The molecule has 0 amide bonds. The number of para-hydroxylation sites is 2. The van der Waals surface area contributed by atoms with Crippen molar-refractivity contribution in [2.45, 2.75) is 6.61 Å². The van der Waals surface area contributed by atoms with Crippen molar-refractivity contribution < 1.29 is 9.47 Å². The molecule has 0 atom stereocenters. The minimum absolute atomic E-state index is 0.244. The predicted octanol–water partition coefficient (Wildman–Crippen LogP) is 3.61. The summed E-state index contributed by atoms with van der Waals surface area (Å²) >= 11 is 0. The lowest BCUT2D eigenvalue weighted by atomic mass is 10.1. The number of ether oxygens (including phenoxy) is 2. The van der Waals surface area contributed by atoms with Crippen LogP contribution in [0.4, 0.5) is 5.82 Å². The highest BCUT2D eigenvalue weighted by Crippen LogP contribution is 2.30. The van der Waals surface area contributed by atoms with Gasteiger partial charge in [0.25, 0.3) is 0 Å². The van der Waals surface area contributed by atoms with E-state index >= 15 is 0 Å². The molecule has 0 saturated heterocycles. The molecule has 0 aliphatic rings. The summed E-state index contributed by atoms with van der Waals surface area (Å²) < 4.78 is 11.4. The summed E-state index contributed by atoms with van der Waals surface area (Å²) in [6.07, 6.45) is 3.69. The van der Waals surface area contributed by atoms with Crippen molar-refractivity contribution in [1.82, 2.24) is 25.1 Å². The number of benzene rings is 2. The van der Waals surface area contributed by atoms with Crippen molar-refractivity contribution >= 4 is 16.7 Å². The van der Waals surface area contributed by atoms with Gasteiger partial charge >= 0.3 is 0 Å². The summed E-state index contributed by atoms with van der Waals surface area (Å²) in [4.78, 5) is 14.0. The molecule has 4 aromatic rings. The van der Waals surface area contributed by atoms with Crippen LogP contribution in [0.25, 0.3) is 22.0 Å². The summed E-state index contributed by atoms with van der Waals surface area (Å²) in [6, 6.07) is 13.8. The van der Waals surface area contributed by atoms with Gasteiger partial charge < -0.3 is 19.3 Å². The van der Waals surface area contributed by atoms with Crippen LogP contribution < -0.4 is 14.4 Å². The Kier molecular flexibility index (Phi) is 6.51. The third kappa shape index (κ3) is 4.81. The maximum absolute atomic E-state index is 5.99. The highest BCUT2D eigenvalue weighted by Gasteiger charge is 2.15. The Bertz CT molecular complexity index is 1180. The van der Waals surface area contributed by atoms with Crippen LogP contribution in [-0.2, 0) is 6.61 Å². The average Bonchev–Trinajstić information content (AvgIpc) is 3.35. The number of rotatable bonds is 9. The van der Waals surface area contributed by atoms with E-state index in [2.05, 4.69) is 53.3 Å². The zero-order valence-corrected chi connectivity index (χ0v) is 18.9. The molecule has 166 valence electrons. The molecular weight excluding hydrogens is 404 g/mol. The highest BCUT2D eigenvalue weighted by atomic mass is 16.5. The van der Waals surface area contributed by atoms with Gasteiger partial charge in [0.05, 0.1) is 18.8 Å². The van der Waals surface area contributed by atoms with Gasteiger partial charge in [-0.3, -0.25) is 5.10 Å². The number of anilines is 1. The van der Waals surface area contributed by atoms with Crippen LogP contribution >= 0.6 is 0 Å². The van der Waals surface area contributed by atoms with Gasteiger partial charge in [0.2, 0.25) is 0 Å². The van der Waals surface area contributed by atoms with Gasteiger partial charge in [0.15, 0.2) is 17.3 Å². The van der Waals surface area contributed by atoms with E-state index in [1.165, 1.54) is 0 Å². The molecule has 0 radical (unpaired) electrons. The number of fused-ring (bicyclic) bond motifs is 1. The minimum atomic E-state index is 0.244. The van der Waals surface area contributed by atoms with E-state index in [4.69, 9.17) is 19.4 Å². The highest BCUT2D eigenvalue weighted by molar-refractivity contribution is 5.93. The fraction of sp³-hybridized carbons (Fsp3) is 0.292. The number of hydrogen-bond donors (Lipinski definition) is 1. The van der Waals surface area contributed by atoms with Crippen molar-refractivity contribution in [3.63, 3.8) is 0 Å². The molecule has 2 heterocycles. The van der Waals surface area contributed by atoms with Gasteiger partial charge in [-0.25, -0.2) is 9.97 Å². The first-order chi connectivity index (χ1) is 15.5. The largest absolute Gasteiger partial charge is 0.493 e. The predicted molar refractivity (Wildman–Crippen MR) is 126 cm³/mol. The molecule has 0 aliphatic carbocycles. The number of hydrogen-bond acceptors (Lipinski definition) is 7. The molecule has 32 heavy (non-hydrogen) atoms. The van der Waals surface area contributed by atoms with Crippen LogP contribution in [0.5, 0.6) is 11.5 Å². The lowest BCUT2D eigenvalue weighted by Gasteiger charge is -2.23. The lowest BCUT2D eigenvalue weighted by molar-refractivity contribution is 0.277. The van der Waals surface area contributed by atoms with E-state index in [9.17, 15) is 0 Å². The van der Waals surface area contributed by atoms with Crippen LogP contribution in [0.15, 0.2) is 54.9 Å². The number of likely N-dealkylation sites (N-methyl/N-ethyl adjacent to an activating group) is 2. The Balaban J connectivity index is 1.70. The normalized spacial score (nSPS) is 11.2. The van der Waals surface area contributed by atoms with Crippen molar-refractivity contribution in [2.24, 2.45) is 0 Å². The number of nitrogens with one attached hydrogen (secondary N) is 1. The number of aromatic nitrogens is 4. The molecule has 0 fully saturated rings. The monoisotopic (exact) mass is 432 g/mol. The Morgan fingerprint density at radius 2 is 1.75 bits per heavy atom. The van der Waals surface area contributed by atoms with Crippen LogP contribution in [0.1, 0.15) is 5.82 Å². The summed E-state index contributed by atoms with van der Waals surface area (Å²) in [5, 5.41) is 7.93. The molecule has 0 aliphatic heterocycles. The second-order valence-corrected chi connectivity index (χ2v) is 7.85. The summed E-state index contributed by atoms with van der Waals surface area (Å²) in [5.74, 6) is 2.84. The first-order valence-corrected chi connectivity index (χ1v) is 10.5. The second-order valence-electron chi connectivity index (χ2n) is 7.85. The second kappa shape index (κ2) is 9.65. The van der Waals surface area contributed by atoms with Crippen molar-refractivity contribution in [3.8, 4) is 22.6 Å². The van der Waals surface area contributed by atoms with E-state index in [0.29, 0.717) is 17.3 Å². The van der Waals surface area contributed by atoms with Crippen molar-refractivity contribution in [1.29, 1.82) is 0 Å². The SMILES string of the molecule is COc1ccccc1OCc1nc(N(C)CCN(C)C)c2cc(-c3cn[nH]c3)ccc2n1. The van der Waals surface area contributed by atoms with E-state index in [-0.39, 0.29) is 6.61 Å². The van der Waals surface area contributed by atoms with Crippen molar-refractivity contribution in [2.75, 3.05) is 46.2 Å². The number of aromatic amines is 1. The fourth-order valence-electron chi connectivity index (χ4n) is 3.44. The first-order valence-electron chi connectivity index (χ1n) is 10.5. The van der Waals surface area contributed by atoms with E-state index in [1.54, 1.807) is 7.11 Å². The molecule has 0 unspecified atom stereocenters. The molecule has 0 saturated carbocycles.